The minimum Gasteiger partial charge on any atom is -0.393 e. The molecule has 0 bridgehead atoms. The summed E-state index contributed by atoms with van der Waals surface area (Å²) in [6.07, 6.45) is 4.25. The van der Waals surface area contributed by atoms with Crippen LogP contribution in [0.3, 0.4) is 0 Å². The lowest BCUT2D eigenvalue weighted by Crippen LogP contribution is -2.39. The van der Waals surface area contributed by atoms with Crippen LogP contribution in [-0.2, 0) is 9.47 Å². The van der Waals surface area contributed by atoms with Crippen LogP contribution in [-0.4, -0.2) is 30.7 Å². The summed E-state index contributed by atoms with van der Waals surface area (Å²) >= 11 is 0. The van der Waals surface area contributed by atoms with E-state index in [4.69, 9.17) is 14.6 Å². The van der Waals surface area contributed by atoms with Gasteiger partial charge >= 0.3 is 0 Å². The van der Waals surface area contributed by atoms with E-state index in [1.54, 1.807) is 7.11 Å². The zero-order chi connectivity index (χ0) is 8.32. The van der Waals surface area contributed by atoms with Crippen molar-refractivity contribution in [1.29, 1.82) is 0 Å². The van der Waals surface area contributed by atoms with Crippen molar-refractivity contribution in [3.8, 4) is 0 Å². The van der Waals surface area contributed by atoms with Crippen molar-refractivity contribution in [2.75, 3.05) is 13.7 Å². The fourth-order valence-corrected chi connectivity index (χ4v) is 1.02. The van der Waals surface area contributed by atoms with E-state index in [0.717, 1.165) is 6.42 Å². The first-order valence-electron chi connectivity index (χ1n) is 3.68. The second-order valence-electron chi connectivity index (χ2n) is 2.96. The SMILES string of the molecule is CO[C@H]1C=CC[C@](C)(CO)O1. The summed E-state index contributed by atoms with van der Waals surface area (Å²) in [6, 6.07) is 0. The summed E-state index contributed by atoms with van der Waals surface area (Å²) in [5.74, 6) is 0. The molecule has 0 aromatic rings. The molecule has 0 saturated heterocycles. The Morgan fingerprint density at radius 2 is 2.55 bits per heavy atom. The van der Waals surface area contributed by atoms with Crippen LogP contribution < -0.4 is 0 Å². The van der Waals surface area contributed by atoms with E-state index in [0.29, 0.717) is 0 Å². The second-order valence-corrected chi connectivity index (χ2v) is 2.96. The molecule has 1 aliphatic heterocycles. The molecule has 1 aliphatic rings. The predicted molar refractivity (Wildman–Crippen MR) is 41.1 cm³/mol. The largest absolute Gasteiger partial charge is 0.393 e. The van der Waals surface area contributed by atoms with Gasteiger partial charge in [0.15, 0.2) is 6.29 Å². The highest BCUT2D eigenvalue weighted by atomic mass is 16.7. The Morgan fingerprint density at radius 3 is 3.09 bits per heavy atom. The molecule has 1 N–H and O–H groups in total. The first kappa shape index (κ1) is 8.71. The topological polar surface area (TPSA) is 38.7 Å². The summed E-state index contributed by atoms with van der Waals surface area (Å²) < 4.78 is 10.4. The normalized spacial score (nSPS) is 37.5. The summed E-state index contributed by atoms with van der Waals surface area (Å²) in [7, 11) is 1.58. The number of rotatable bonds is 2. The van der Waals surface area contributed by atoms with Gasteiger partial charge in [-0.1, -0.05) is 6.08 Å². The number of methoxy groups -OCH3 is 1. The molecule has 0 unspecified atom stereocenters. The lowest BCUT2D eigenvalue weighted by atomic mass is 10.0. The standard InChI is InChI=1S/C8H14O3/c1-8(6-9)5-3-4-7(10-2)11-8/h3-4,7,9H,5-6H2,1-2H3/t7-,8-/m1/s1. The van der Waals surface area contributed by atoms with E-state index in [1.165, 1.54) is 0 Å². The molecule has 1 heterocycles. The zero-order valence-electron chi connectivity index (χ0n) is 6.91. The van der Waals surface area contributed by atoms with Crippen molar-refractivity contribution in [2.24, 2.45) is 0 Å². The van der Waals surface area contributed by atoms with Crippen molar-refractivity contribution in [3.05, 3.63) is 12.2 Å². The van der Waals surface area contributed by atoms with Crippen molar-refractivity contribution < 1.29 is 14.6 Å². The van der Waals surface area contributed by atoms with Crippen molar-refractivity contribution in [1.82, 2.24) is 0 Å². The molecule has 0 aromatic heterocycles. The molecule has 0 saturated carbocycles. The van der Waals surface area contributed by atoms with Gasteiger partial charge in [-0.25, -0.2) is 0 Å². The fraction of sp³-hybridized carbons (Fsp3) is 0.750. The third kappa shape index (κ3) is 2.02. The molecule has 1 rings (SSSR count). The summed E-state index contributed by atoms with van der Waals surface area (Å²) in [4.78, 5) is 0. The van der Waals surface area contributed by atoms with Gasteiger partial charge in [0, 0.05) is 7.11 Å². The summed E-state index contributed by atoms with van der Waals surface area (Å²) in [5.41, 5.74) is -0.463. The molecule has 0 aromatic carbocycles. The molecule has 0 aliphatic carbocycles. The minimum atomic E-state index is -0.463. The van der Waals surface area contributed by atoms with E-state index < -0.39 is 5.60 Å². The van der Waals surface area contributed by atoms with Crippen LogP contribution in [0.5, 0.6) is 0 Å². The predicted octanol–water partition coefficient (Wildman–Crippen LogP) is 0.686. The van der Waals surface area contributed by atoms with Crippen LogP contribution in [0.15, 0.2) is 12.2 Å². The molecule has 0 amide bonds. The Hall–Kier alpha value is -0.380. The van der Waals surface area contributed by atoms with E-state index in [1.807, 2.05) is 19.1 Å². The van der Waals surface area contributed by atoms with E-state index in [-0.39, 0.29) is 12.9 Å². The maximum Gasteiger partial charge on any atom is 0.177 e. The minimum absolute atomic E-state index is 0.0250. The van der Waals surface area contributed by atoms with E-state index in [9.17, 15) is 0 Å². The molecular formula is C8H14O3. The lowest BCUT2D eigenvalue weighted by Gasteiger charge is -2.32. The Kier molecular flexibility index (Phi) is 2.65. The van der Waals surface area contributed by atoms with Gasteiger partial charge in [-0.05, 0) is 19.4 Å². The van der Waals surface area contributed by atoms with Gasteiger partial charge in [-0.3, -0.25) is 0 Å². The Morgan fingerprint density at radius 1 is 1.82 bits per heavy atom. The molecule has 0 fully saturated rings. The second kappa shape index (κ2) is 3.34. The van der Waals surface area contributed by atoms with Gasteiger partial charge in [-0.15, -0.1) is 0 Å². The van der Waals surface area contributed by atoms with Crippen LogP contribution >= 0.6 is 0 Å². The highest BCUT2D eigenvalue weighted by Crippen LogP contribution is 2.23. The molecule has 0 spiro atoms. The monoisotopic (exact) mass is 158 g/mol. The molecule has 2 atom stereocenters. The highest BCUT2D eigenvalue weighted by molar-refractivity contribution is 4.97. The van der Waals surface area contributed by atoms with Crippen LogP contribution in [0.1, 0.15) is 13.3 Å². The molecule has 11 heavy (non-hydrogen) atoms. The lowest BCUT2D eigenvalue weighted by molar-refractivity contribution is -0.187. The highest BCUT2D eigenvalue weighted by Gasteiger charge is 2.28. The summed E-state index contributed by atoms with van der Waals surface area (Å²) in [6.45, 7) is 1.89. The number of ether oxygens (including phenoxy) is 2. The van der Waals surface area contributed by atoms with Crippen molar-refractivity contribution in [3.63, 3.8) is 0 Å². The Balaban J connectivity index is 2.57. The van der Waals surface area contributed by atoms with Crippen LogP contribution in [0.2, 0.25) is 0 Å². The quantitative estimate of drug-likeness (QED) is 0.601. The van der Waals surface area contributed by atoms with Crippen molar-refractivity contribution in [2.45, 2.75) is 25.2 Å². The molecule has 3 nitrogen and oxygen atoms in total. The van der Waals surface area contributed by atoms with Crippen molar-refractivity contribution >= 4 is 0 Å². The van der Waals surface area contributed by atoms with Gasteiger partial charge in [-0.2, -0.15) is 0 Å². The summed E-state index contributed by atoms with van der Waals surface area (Å²) in [5, 5.41) is 8.95. The number of hydrogen-bond acceptors (Lipinski definition) is 3. The average Bonchev–Trinajstić information content (AvgIpc) is 2.05. The Labute approximate surface area is 66.6 Å². The number of aliphatic hydroxyl groups is 1. The molecule has 3 heteroatoms. The van der Waals surface area contributed by atoms with Gasteiger partial charge in [0.1, 0.15) is 0 Å². The number of aliphatic hydroxyl groups excluding tert-OH is 1. The Bertz CT molecular complexity index is 155. The average molecular weight is 158 g/mol. The first-order chi connectivity index (χ1) is 5.20. The molecular weight excluding hydrogens is 144 g/mol. The van der Waals surface area contributed by atoms with Gasteiger partial charge in [0.2, 0.25) is 0 Å². The van der Waals surface area contributed by atoms with Gasteiger partial charge < -0.3 is 14.6 Å². The molecule has 0 radical (unpaired) electrons. The fourth-order valence-electron chi connectivity index (χ4n) is 1.02. The third-order valence-electron chi connectivity index (χ3n) is 1.81. The van der Waals surface area contributed by atoms with Crippen LogP contribution in [0, 0.1) is 0 Å². The number of hydrogen-bond donors (Lipinski definition) is 1. The van der Waals surface area contributed by atoms with Crippen LogP contribution in [0.4, 0.5) is 0 Å². The smallest absolute Gasteiger partial charge is 0.177 e. The van der Waals surface area contributed by atoms with Gasteiger partial charge in [0.25, 0.3) is 0 Å². The van der Waals surface area contributed by atoms with Crippen LogP contribution in [0.25, 0.3) is 0 Å². The third-order valence-corrected chi connectivity index (χ3v) is 1.81. The zero-order valence-corrected chi connectivity index (χ0v) is 6.91. The van der Waals surface area contributed by atoms with Gasteiger partial charge in [0.05, 0.1) is 12.2 Å². The maximum atomic E-state index is 8.95. The van der Waals surface area contributed by atoms with E-state index in [2.05, 4.69) is 0 Å². The maximum absolute atomic E-state index is 8.95. The van der Waals surface area contributed by atoms with E-state index >= 15 is 0 Å². The first-order valence-corrected chi connectivity index (χ1v) is 3.68. The molecule has 64 valence electrons.